The minimum Gasteiger partial charge on any atom is -0.497 e. The number of hydrogen-bond donors (Lipinski definition) is 1. The van der Waals surface area contributed by atoms with E-state index in [0.29, 0.717) is 28.0 Å². The molecule has 0 atom stereocenters. The first-order chi connectivity index (χ1) is 14.1. The van der Waals surface area contributed by atoms with Gasteiger partial charge in [0, 0.05) is 23.1 Å². The fraction of sp³-hybridized carbons (Fsp3) is 0.150. The van der Waals surface area contributed by atoms with Gasteiger partial charge in [0.05, 0.1) is 30.5 Å². The van der Waals surface area contributed by atoms with E-state index in [4.69, 9.17) is 9.47 Å². The van der Waals surface area contributed by atoms with E-state index in [2.05, 4.69) is 15.4 Å². The highest BCUT2D eigenvalue weighted by atomic mass is 32.1. The number of rotatable bonds is 6. The summed E-state index contributed by atoms with van der Waals surface area (Å²) >= 11 is 3.10. The van der Waals surface area contributed by atoms with E-state index in [9.17, 15) is 4.79 Å². The molecule has 1 aromatic carbocycles. The Balaban J connectivity index is 1.63. The van der Waals surface area contributed by atoms with Crippen LogP contribution >= 0.6 is 22.7 Å². The summed E-state index contributed by atoms with van der Waals surface area (Å²) in [5.41, 5.74) is 2.09. The van der Waals surface area contributed by atoms with Crippen molar-refractivity contribution in [3.63, 3.8) is 0 Å². The maximum Gasteiger partial charge on any atom is 0.257 e. The third kappa shape index (κ3) is 4.01. The molecule has 29 heavy (non-hydrogen) atoms. The third-order valence-corrected chi connectivity index (χ3v) is 5.84. The summed E-state index contributed by atoms with van der Waals surface area (Å²) in [5, 5.41) is 12.1. The first-order valence-electron chi connectivity index (χ1n) is 8.68. The molecule has 0 fully saturated rings. The molecule has 0 saturated carbocycles. The number of anilines is 1. The topological polar surface area (TPSA) is 78.3 Å². The lowest BCUT2D eigenvalue weighted by Crippen LogP contribution is -2.15. The smallest absolute Gasteiger partial charge is 0.257 e. The molecule has 1 amide bonds. The molecule has 3 heterocycles. The molecule has 0 bridgehead atoms. The van der Waals surface area contributed by atoms with Gasteiger partial charge in [0.2, 0.25) is 5.13 Å². The highest BCUT2D eigenvalue weighted by Gasteiger charge is 2.17. The van der Waals surface area contributed by atoms with Crippen LogP contribution in [0.4, 0.5) is 5.82 Å². The van der Waals surface area contributed by atoms with Crippen LogP contribution in [0.1, 0.15) is 16.1 Å². The van der Waals surface area contributed by atoms with Gasteiger partial charge in [-0.05, 0) is 30.5 Å². The molecule has 0 unspecified atom stereocenters. The maximum absolute atomic E-state index is 12.9. The van der Waals surface area contributed by atoms with Crippen LogP contribution in [0.15, 0.2) is 47.2 Å². The van der Waals surface area contributed by atoms with Gasteiger partial charge in [0.1, 0.15) is 17.3 Å². The molecule has 4 aromatic rings. The van der Waals surface area contributed by atoms with E-state index in [1.54, 1.807) is 48.4 Å². The van der Waals surface area contributed by atoms with Gasteiger partial charge in [-0.1, -0.05) is 6.07 Å². The van der Waals surface area contributed by atoms with Gasteiger partial charge in [-0.3, -0.25) is 4.79 Å². The Labute approximate surface area is 175 Å². The summed E-state index contributed by atoms with van der Waals surface area (Å²) in [6.45, 7) is 1.87. The average Bonchev–Trinajstić information content (AvgIpc) is 3.48. The van der Waals surface area contributed by atoms with Crippen LogP contribution in [-0.4, -0.2) is 34.9 Å². The second-order valence-electron chi connectivity index (χ2n) is 6.13. The largest absolute Gasteiger partial charge is 0.497 e. The van der Waals surface area contributed by atoms with E-state index in [-0.39, 0.29) is 5.91 Å². The molecule has 0 aliphatic carbocycles. The van der Waals surface area contributed by atoms with Gasteiger partial charge in [0.25, 0.3) is 5.91 Å². The van der Waals surface area contributed by atoms with Crippen LogP contribution in [-0.2, 0) is 0 Å². The average molecular weight is 427 g/mol. The molecule has 9 heteroatoms. The maximum atomic E-state index is 12.9. The standard InChI is InChI=1S/C20H18N4O3S2/c1-12-7-18(22-19(25)13-8-14(26-2)10-15(9-13)27-3)24(23-12)20-21-16(11-29-20)17-5-4-6-28-17/h4-11H,1-3H3,(H,22,25). The van der Waals surface area contributed by atoms with Crippen LogP contribution in [0, 0.1) is 6.92 Å². The minimum absolute atomic E-state index is 0.293. The van der Waals surface area contributed by atoms with Crippen molar-refractivity contribution in [3.05, 3.63) is 58.4 Å². The number of carbonyl (C=O) groups excluding carboxylic acids is 1. The molecular formula is C20H18N4O3S2. The molecule has 4 rings (SSSR count). The Hall–Kier alpha value is -3.17. The third-order valence-electron chi connectivity index (χ3n) is 4.13. The number of aromatic nitrogens is 3. The van der Waals surface area contributed by atoms with Crippen LogP contribution in [0.25, 0.3) is 15.7 Å². The molecule has 0 spiro atoms. The first-order valence-corrected chi connectivity index (χ1v) is 10.4. The summed E-state index contributed by atoms with van der Waals surface area (Å²) in [4.78, 5) is 18.6. The number of nitrogens with zero attached hydrogens (tertiary/aromatic N) is 3. The molecular weight excluding hydrogens is 408 g/mol. The Morgan fingerprint density at radius 1 is 1.10 bits per heavy atom. The zero-order valence-corrected chi connectivity index (χ0v) is 17.6. The molecule has 0 radical (unpaired) electrons. The Bertz CT molecular complexity index is 1130. The SMILES string of the molecule is COc1cc(OC)cc(C(=O)Nc2cc(C)nn2-c2nc(-c3cccs3)cs2)c1. The second kappa shape index (κ2) is 8.06. The van der Waals surface area contributed by atoms with Gasteiger partial charge < -0.3 is 14.8 Å². The Kier molecular flexibility index (Phi) is 5.32. The number of amides is 1. The molecule has 0 aliphatic rings. The number of nitrogens with one attached hydrogen (secondary N) is 1. The van der Waals surface area contributed by atoms with E-state index < -0.39 is 0 Å². The lowest BCUT2D eigenvalue weighted by atomic mass is 10.2. The number of methoxy groups -OCH3 is 2. The minimum atomic E-state index is -0.293. The van der Waals surface area contributed by atoms with Gasteiger partial charge in [-0.15, -0.1) is 22.7 Å². The number of carbonyl (C=O) groups is 1. The van der Waals surface area contributed by atoms with Crippen molar-refractivity contribution in [1.82, 2.24) is 14.8 Å². The molecule has 7 nitrogen and oxygen atoms in total. The van der Waals surface area contributed by atoms with Crippen LogP contribution in [0.5, 0.6) is 11.5 Å². The summed E-state index contributed by atoms with van der Waals surface area (Å²) in [6, 6.07) is 10.9. The van der Waals surface area contributed by atoms with Crippen LogP contribution in [0.2, 0.25) is 0 Å². The highest BCUT2D eigenvalue weighted by Crippen LogP contribution is 2.29. The van der Waals surface area contributed by atoms with E-state index >= 15 is 0 Å². The lowest BCUT2D eigenvalue weighted by molar-refractivity contribution is 0.102. The fourth-order valence-corrected chi connectivity index (χ4v) is 4.31. The number of thiazole rings is 1. The number of thiophene rings is 1. The number of aryl methyl sites for hydroxylation is 1. The van der Waals surface area contributed by atoms with Crippen molar-refractivity contribution < 1.29 is 14.3 Å². The summed E-state index contributed by atoms with van der Waals surface area (Å²) < 4.78 is 12.1. The number of hydrogen-bond acceptors (Lipinski definition) is 7. The molecule has 148 valence electrons. The normalized spacial score (nSPS) is 10.7. The molecule has 0 aliphatic heterocycles. The molecule has 1 N–H and O–H groups in total. The quantitative estimate of drug-likeness (QED) is 0.486. The monoisotopic (exact) mass is 426 g/mol. The Morgan fingerprint density at radius 2 is 1.86 bits per heavy atom. The predicted molar refractivity (Wildman–Crippen MR) is 115 cm³/mol. The number of ether oxygens (including phenoxy) is 2. The highest BCUT2D eigenvalue weighted by molar-refractivity contribution is 7.15. The lowest BCUT2D eigenvalue weighted by Gasteiger charge is -2.09. The van der Waals surface area contributed by atoms with Gasteiger partial charge in [0.15, 0.2) is 0 Å². The van der Waals surface area contributed by atoms with E-state index in [0.717, 1.165) is 16.3 Å². The Morgan fingerprint density at radius 3 is 2.52 bits per heavy atom. The zero-order valence-electron chi connectivity index (χ0n) is 16.0. The van der Waals surface area contributed by atoms with Crippen molar-refractivity contribution in [2.45, 2.75) is 6.92 Å². The molecule has 3 aromatic heterocycles. The van der Waals surface area contributed by atoms with Crippen LogP contribution < -0.4 is 14.8 Å². The van der Waals surface area contributed by atoms with Crippen molar-refractivity contribution in [2.24, 2.45) is 0 Å². The van der Waals surface area contributed by atoms with Gasteiger partial charge in [-0.2, -0.15) is 9.78 Å². The van der Waals surface area contributed by atoms with Gasteiger partial charge in [-0.25, -0.2) is 4.98 Å². The first kappa shape index (κ1) is 19.2. The van der Waals surface area contributed by atoms with E-state index in [1.807, 2.05) is 35.9 Å². The van der Waals surface area contributed by atoms with Crippen molar-refractivity contribution in [2.75, 3.05) is 19.5 Å². The van der Waals surface area contributed by atoms with E-state index in [1.165, 1.54) is 11.3 Å². The van der Waals surface area contributed by atoms with Crippen molar-refractivity contribution >= 4 is 34.4 Å². The second-order valence-corrected chi connectivity index (χ2v) is 7.92. The summed E-state index contributed by atoms with van der Waals surface area (Å²) in [5.74, 6) is 1.33. The number of benzene rings is 1. The molecule has 0 saturated heterocycles. The van der Waals surface area contributed by atoms with Gasteiger partial charge >= 0.3 is 0 Å². The van der Waals surface area contributed by atoms with Crippen molar-refractivity contribution in [3.8, 4) is 27.2 Å². The fourth-order valence-electron chi connectivity index (χ4n) is 2.76. The summed E-state index contributed by atoms with van der Waals surface area (Å²) in [7, 11) is 3.09. The summed E-state index contributed by atoms with van der Waals surface area (Å²) in [6.07, 6.45) is 0. The van der Waals surface area contributed by atoms with Crippen molar-refractivity contribution in [1.29, 1.82) is 0 Å². The zero-order chi connectivity index (χ0) is 20.4. The predicted octanol–water partition coefficient (Wildman–Crippen LogP) is 4.64. The van der Waals surface area contributed by atoms with Crippen LogP contribution in [0.3, 0.4) is 0 Å².